The highest BCUT2D eigenvalue weighted by atomic mass is 35.5. The second-order valence-corrected chi connectivity index (χ2v) is 5.81. The van der Waals surface area contributed by atoms with Crippen molar-refractivity contribution in [2.45, 2.75) is 45.8 Å². The molecule has 1 aliphatic heterocycles. The van der Waals surface area contributed by atoms with Gasteiger partial charge in [0.05, 0.1) is 11.8 Å². The first kappa shape index (κ1) is 14.8. The lowest BCUT2D eigenvalue weighted by molar-refractivity contribution is 0.0615. The van der Waals surface area contributed by atoms with Crippen LogP contribution in [0.4, 0.5) is 0 Å². The van der Waals surface area contributed by atoms with Gasteiger partial charge in [0.25, 0.3) is 0 Å². The Balaban J connectivity index is 2.16. The summed E-state index contributed by atoms with van der Waals surface area (Å²) < 4.78 is 7.65. The van der Waals surface area contributed by atoms with Gasteiger partial charge < -0.3 is 10.1 Å². The minimum Gasteiger partial charge on any atom is -0.376 e. The minimum absolute atomic E-state index is 0.274. The van der Waals surface area contributed by atoms with E-state index in [1.54, 1.807) is 4.68 Å². The van der Waals surface area contributed by atoms with Crippen LogP contribution in [0, 0.1) is 12.8 Å². The highest BCUT2D eigenvalue weighted by molar-refractivity contribution is 6.30. The van der Waals surface area contributed by atoms with E-state index in [9.17, 15) is 0 Å². The van der Waals surface area contributed by atoms with Gasteiger partial charge >= 0.3 is 0 Å². The Morgan fingerprint density at radius 1 is 1.58 bits per heavy atom. The van der Waals surface area contributed by atoms with Gasteiger partial charge in [0.1, 0.15) is 5.15 Å². The monoisotopic (exact) mass is 285 g/mol. The molecule has 1 N–H and O–H groups in total. The fourth-order valence-electron chi connectivity index (χ4n) is 2.92. The SMILES string of the molecule is CCNC(Cc1c(C)nn(C)c1Cl)C1OCCC1C. The van der Waals surface area contributed by atoms with Gasteiger partial charge in [0, 0.05) is 25.3 Å². The van der Waals surface area contributed by atoms with E-state index in [1.807, 2.05) is 14.0 Å². The first-order valence-corrected chi connectivity index (χ1v) is 7.45. The van der Waals surface area contributed by atoms with E-state index >= 15 is 0 Å². The predicted molar refractivity (Wildman–Crippen MR) is 77.6 cm³/mol. The average molecular weight is 286 g/mol. The molecular formula is C14H24ClN3O. The summed E-state index contributed by atoms with van der Waals surface area (Å²) >= 11 is 6.33. The second-order valence-electron chi connectivity index (χ2n) is 5.45. The molecule has 1 aromatic heterocycles. The van der Waals surface area contributed by atoms with E-state index in [-0.39, 0.29) is 6.10 Å². The molecule has 0 amide bonds. The summed E-state index contributed by atoms with van der Waals surface area (Å²) in [5, 5.41) is 8.67. The van der Waals surface area contributed by atoms with Gasteiger partial charge in [-0.05, 0) is 32.2 Å². The lowest BCUT2D eigenvalue weighted by Gasteiger charge is -2.27. The highest BCUT2D eigenvalue weighted by Gasteiger charge is 2.32. The Kier molecular flexibility index (Phi) is 4.87. The maximum atomic E-state index is 6.33. The van der Waals surface area contributed by atoms with E-state index in [2.05, 4.69) is 24.3 Å². The highest BCUT2D eigenvalue weighted by Crippen LogP contribution is 2.27. The second kappa shape index (κ2) is 6.25. The number of nitrogens with zero attached hydrogens (tertiary/aromatic N) is 2. The van der Waals surface area contributed by atoms with Gasteiger partial charge in [0.2, 0.25) is 0 Å². The molecule has 1 fully saturated rings. The molecule has 0 aliphatic carbocycles. The summed E-state index contributed by atoms with van der Waals surface area (Å²) in [5.41, 5.74) is 2.15. The topological polar surface area (TPSA) is 39.1 Å². The molecule has 4 nitrogen and oxygen atoms in total. The maximum Gasteiger partial charge on any atom is 0.130 e. The number of ether oxygens (including phenoxy) is 1. The fourth-order valence-corrected chi connectivity index (χ4v) is 3.18. The first-order chi connectivity index (χ1) is 9.04. The quantitative estimate of drug-likeness (QED) is 0.902. The summed E-state index contributed by atoms with van der Waals surface area (Å²) in [6, 6.07) is 0.308. The van der Waals surface area contributed by atoms with Gasteiger partial charge in [-0.25, -0.2) is 0 Å². The molecule has 5 heteroatoms. The molecule has 0 bridgehead atoms. The summed E-state index contributed by atoms with van der Waals surface area (Å²) in [5.74, 6) is 0.597. The summed E-state index contributed by atoms with van der Waals surface area (Å²) in [4.78, 5) is 0. The minimum atomic E-state index is 0.274. The molecule has 108 valence electrons. The Morgan fingerprint density at radius 3 is 2.79 bits per heavy atom. The zero-order valence-electron chi connectivity index (χ0n) is 12.2. The van der Waals surface area contributed by atoms with Crippen molar-refractivity contribution < 1.29 is 4.74 Å². The van der Waals surface area contributed by atoms with Gasteiger partial charge in [-0.15, -0.1) is 0 Å². The van der Waals surface area contributed by atoms with E-state index in [1.165, 1.54) is 0 Å². The van der Waals surface area contributed by atoms with Gasteiger partial charge in [-0.1, -0.05) is 25.4 Å². The molecule has 3 atom stereocenters. The number of likely N-dealkylation sites (N-methyl/N-ethyl adjacent to an activating group) is 1. The normalized spacial score (nSPS) is 24.9. The molecule has 0 radical (unpaired) electrons. The Labute approximate surface area is 120 Å². The molecule has 0 spiro atoms. The Morgan fingerprint density at radius 2 is 2.32 bits per heavy atom. The van der Waals surface area contributed by atoms with Crippen LogP contribution in [-0.2, 0) is 18.2 Å². The van der Waals surface area contributed by atoms with Gasteiger partial charge in [-0.2, -0.15) is 5.10 Å². The van der Waals surface area contributed by atoms with Crippen molar-refractivity contribution in [3.63, 3.8) is 0 Å². The number of hydrogen-bond donors (Lipinski definition) is 1. The van der Waals surface area contributed by atoms with E-state index in [4.69, 9.17) is 16.3 Å². The first-order valence-electron chi connectivity index (χ1n) is 7.07. The molecule has 19 heavy (non-hydrogen) atoms. The average Bonchev–Trinajstić information content (AvgIpc) is 2.88. The standard InChI is InChI=1S/C14H24ClN3O/c1-5-16-12(13-9(2)6-7-19-13)8-11-10(3)17-18(4)14(11)15/h9,12-13,16H,5-8H2,1-4H3. The summed E-state index contributed by atoms with van der Waals surface area (Å²) in [6.45, 7) is 8.22. The van der Waals surface area contributed by atoms with E-state index < -0.39 is 0 Å². The molecular weight excluding hydrogens is 262 g/mol. The van der Waals surface area contributed by atoms with E-state index in [0.717, 1.165) is 42.4 Å². The van der Waals surface area contributed by atoms with Crippen LogP contribution in [0.2, 0.25) is 5.15 Å². The van der Waals surface area contributed by atoms with Crippen molar-refractivity contribution in [2.75, 3.05) is 13.2 Å². The molecule has 3 unspecified atom stereocenters. The number of nitrogens with one attached hydrogen (secondary N) is 1. The summed E-state index contributed by atoms with van der Waals surface area (Å²) in [7, 11) is 1.88. The summed E-state index contributed by atoms with van der Waals surface area (Å²) in [6.07, 6.45) is 2.30. The van der Waals surface area contributed by atoms with Crippen molar-refractivity contribution in [3.8, 4) is 0 Å². The van der Waals surface area contributed by atoms with Crippen molar-refractivity contribution in [3.05, 3.63) is 16.4 Å². The number of aromatic nitrogens is 2. The van der Waals surface area contributed by atoms with Crippen LogP contribution in [0.25, 0.3) is 0 Å². The molecule has 1 saturated heterocycles. The van der Waals surface area contributed by atoms with Crippen molar-refractivity contribution in [1.82, 2.24) is 15.1 Å². The number of halogens is 1. The smallest absolute Gasteiger partial charge is 0.130 e. The molecule has 2 rings (SSSR count). The third kappa shape index (κ3) is 3.12. The van der Waals surface area contributed by atoms with Gasteiger partial charge in [0.15, 0.2) is 0 Å². The molecule has 1 aromatic rings. The van der Waals surface area contributed by atoms with Crippen molar-refractivity contribution >= 4 is 11.6 Å². The zero-order chi connectivity index (χ0) is 14.0. The molecule has 0 aromatic carbocycles. The fraction of sp³-hybridized carbons (Fsp3) is 0.786. The Bertz CT molecular complexity index is 433. The van der Waals surface area contributed by atoms with E-state index in [0.29, 0.717) is 12.0 Å². The van der Waals surface area contributed by atoms with Crippen LogP contribution in [-0.4, -0.2) is 35.1 Å². The third-order valence-electron chi connectivity index (χ3n) is 4.00. The lowest BCUT2D eigenvalue weighted by atomic mass is 9.93. The van der Waals surface area contributed by atoms with Crippen LogP contribution in [0.15, 0.2) is 0 Å². The third-order valence-corrected chi connectivity index (χ3v) is 4.47. The van der Waals surface area contributed by atoms with Crippen LogP contribution >= 0.6 is 11.6 Å². The van der Waals surface area contributed by atoms with Crippen LogP contribution in [0.5, 0.6) is 0 Å². The van der Waals surface area contributed by atoms with Crippen molar-refractivity contribution in [1.29, 1.82) is 0 Å². The van der Waals surface area contributed by atoms with Crippen LogP contribution < -0.4 is 5.32 Å². The number of rotatable bonds is 5. The van der Waals surface area contributed by atoms with Crippen LogP contribution in [0.3, 0.4) is 0 Å². The predicted octanol–water partition coefficient (Wildman–Crippen LogP) is 2.33. The maximum absolute atomic E-state index is 6.33. The van der Waals surface area contributed by atoms with Crippen LogP contribution in [0.1, 0.15) is 31.5 Å². The number of aryl methyl sites for hydroxylation is 2. The Hall–Kier alpha value is -0.580. The largest absolute Gasteiger partial charge is 0.376 e. The van der Waals surface area contributed by atoms with Crippen molar-refractivity contribution in [2.24, 2.45) is 13.0 Å². The van der Waals surface area contributed by atoms with Gasteiger partial charge in [-0.3, -0.25) is 4.68 Å². The molecule has 1 aliphatic rings. The lowest BCUT2D eigenvalue weighted by Crippen LogP contribution is -2.43. The number of hydrogen-bond acceptors (Lipinski definition) is 3. The molecule has 2 heterocycles. The zero-order valence-corrected chi connectivity index (χ0v) is 13.0. The molecule has 0 saturated carbocycles.